The van der Waals surface area contributed by atoms with Crippen LogP contribution in [0, 0.1) is 0 Å². The first-order chi connectivity index (χ1) is 7.97. The van der Waals surface area contributed by atoms with Gasteiger partial charge in [-0.25, -0.2) is 0 Å². The first kappa shape index (κ1) is 14.0. The molecule has 0 aromatic heterocycles. The first-order valence-electron chi connectivity index (χ1n) is 5.00. The van der Waals surface area contributed by atoms with Crippen molar-refractivity contribution < 1.29 is 20.4 Å². The molecule has 0 saturated heterocycles. The van der Waals surface area contributed by atoms with Crippen LogP contribution in [0.1, 0.15) is 11.7 Å². The van der Waals surface area contributed by atoms with E-state index in [1.165, 1.54) is 12.1 Å². The molecule has 0 bridgehead atoms. The van der Waals surface area contributed by atoms with Gasteiger partial charge >= 0.3 is 0 Å². The predicted molar refractivity (Wildman–Crippen MR) is 67.5 cm³/mol. The highest BCUT2D eigenvalue weighted by Crippen LogP contribution is 2.21. The normalized spacial score (nSPS) is 18.1. The van der Waals surface area contributed by atoms with Gasteiger partial charge in [0.1, 0.15) is 24.4 Å². The summed E-state index contributed by atoms with van der Waals surface area (Å²) in [4.78, 5) is 0. The molecule has 0 fully saturated rings. The van der Waals surface area contributed by atoms with Gasteiger partial charge in [-0.1, -0.05) is 24.4 Å². The molecule has 0 aliphatic carbocycles. The van der Waals surface area contributed by atoms with Gasteiger partial charge in [-0.3, -0.25) is 0 Å². The highest BCUT2D eigenvalue weighted by atomic mass is 32.1. The zero-order chi connectivity index (χ0) is 13.0. The van der Waals surface area contributed by atoms with E-state index in [1.807, 2.05) is 0 Å². The van der Waals surface area contributed by atoms with Crippen molar-refractivity contribution in [2.75, 3.05) is 5.73 Å². The van der Waals surface area contributed by atoms with E-state index in [0.717, 1.165) is 5.37 Å². The van der Waals surface area contributed by atoms with Gasteiger partial charge in [0.25, 0.3) is 0 Å². The zero-order valence-corrected chi connectivity index (χ0v) is 9.79. The molecule has 1 rings (SSSR count). The molecule has 0 spiro atoms. The van der Waals surface area contributed by atoms with E-state index in [4.69, 9.17) is 5.73 Å². The van der Waals surface area contributed by atoms with Crippen LogP contribution in [0.15, 0.2) is 24.3 Å². The van der Waals surface area contributed by atoms with Crippen molar-refractivity contribution in [3.05, 3.63) is 29.8 Å². The van der Waals surface area contributed by atoms with E-state index < -0.39 is 24.4 Å². The van der Waals surface area contributed by atoms with Crippen molar-refractivity contribution in [3.63, 3.8) is 0 Å². The summed E-state index contributed by atoms with van der Waals surface area (Å²) in [5.41, 5.74) is 6.39. The van der Waals surface area contributed by atoms with Crippen LogP contribution in [0.2, 0.25) is 0 Å². The summed E-state index contributed by atoms with van der Waals surface area (Å²) in [6, 6.07) is 6.18. The fraction of sp³-hybridized carbons (Fsp3) is 0.364. The molecular formula is C11H15NO4S. The SMILES string of the molecule is Nc1ccc(C(O)[C@@H](O)[C@@H](O)[C@@H](O)C=S)cc1. The minimum atomic E-state index is -1.54. The monoisotopic (exact) mass is 257 g/mol. The maximum Gasteiger partial charge on any atom is 0.113 e. The Bertz CT molecular complexity index is 370. The lowest BCUT2D eigenvalue weighted by Gasteiger charge is -2.25. The smallest absolute Gasteiger partial charge is 0.113 e. The van der Waals surface area contributed by atoms with Gasteiger partial charge in [-0.15, -0.1) is 0 Å². The topological polar surface area (TPSA) is 107 Å². The third-order valence-corrected chi connectivity index (χ3v) is 2.72. The van der Waals surface area contributed by atoms with Crippen molar-refractivity contribution in [1.82, 2.24) is 0 Å². The van der Waals surface area contributed by atoms with Crippen LogP contribution >= 0.6 is 12.2 Å². The van der Waals surface area contributed by atoms with Gasteiger partial charge in [0.05, 0.1) is 0 Å². The number of nitrogen functional groups attached to an aromatic ring is 1. The molecule has 0 radical (unpaired) electrons. The average molecular weight is 257 g/mol. The summed E-state index contributed by atoms with van der Waals surface area (Å²) in [5, 5.41) is 39.1. The molecule has 94 valence electrons. The van der Waals surface area contributed by atoms with E-state index in [2.05, 4.69) is 12.2 Å². The Morgan fingerprint density at radius 2 is 1.53 bits per heavy atom. The van der Waals surface area contributed by atoms with Crippen molar-refractivity contribution in [3.8, 4) is 0 Å². The van der Waals surface area contributed by atoms with E-state index >= 15 is 0 Å². The number of benzene rings is 1. The Hall–Kier alpha value is -1.05. The van der Waals surface area contributed by atoms with Crippen LogP contribution in [0.3, 0.4) is 0 Å². The Balaban J connectivity index is 2.78. The number of aliphatic hydroxyl groups is 4. The average Bonchev–Trinajstić information content (AvgIpc) is 2.36. The third kappa shape index (κ3) is 3.45. The van der Waals surface area contributed by atoms with Crippen molar-refractivity contribution in [1.29, 1.82) is 0 Å². The molecule has 4 atom stereocenters. The lowest BCUT2D eigenvalue weighted by molar-refractivity contribution is -0.0888. The summed E-state index contributed by atoms with van der Waals surface area (Å²) in [5.74, 6) is 0. The van der Waals surface area contributed by atoms with Crippen molar-refractivity contribution in [2.24, 2.45) is 0 Å². The molecule has 0 aliphatic heterocycles. The van der Waals surface area contributed by atoms with Crippen molar-refractivity contribution >= 4 is 23.3 Å². The number of anilines is 1. The standard InChI is InChI=1S/C11H15NO4S/c12-7-3-1-6(2-4-7)9(14)11(16)10(15)8(13)5-17/h1-5,8-11,13-16H,12H2/t8-,9?,10-,11+/m0/s1. The maximum absolute atomic E-state index is 9.78. The number of aliphatic hydroxyl groups excluding tert-OH is 4. The number of hydrogen-bond donors (Lipinski definition) is 5. The maximum atomic E-state index is 9.78. The van der Waals surface area contributed by atoms with Crippen LogP contribution in [-0.4, -0.2) is 44.1 Å². The van der Waals surface area contributed by atoms with E-state index in [1.54, 1.807) is 12.1 Å². The Morgan fingerprint density at radius 1 is 1.00 bits per heavy atom. The van der Waals surface area contributed by atoms with Crippen LogP contribution in [-0.2, 0) is 0 Å². The van der Waals surface area contributed by atoms with E-state index in [-0.39, 0.29) is 0 Å². The highest BCUT2D eigenvalue weighted by molar-refractivity contribution is 7.79. The minimum Gasteiger partial charge on any atom is -0.399 e. The van der Waals surface area contributed by atoms with Gasteiger partial charge in [-0.2, -0.15) is 0 Å². The Kier molecular flexibility index (Phi) is 4.98. The van der Waals surface area contributed by atoms with Gasteiger partial charge in [-0.05, 0) is 17.7 Å². The molecule has 1 aromatic carbocycles. The molecule has 6 heteroatoms. The fourth-order valence-electron chi connectivity index (χ4n) is 1.36. The number of thiocarbonyl (C=S) groups is 1. The lowest BCUT2D eigenvalue weighted by atomic mass is 9.98. The summed E-state index contributed by atoms with van der Waals surface area (Å²) < 4.78 is 0. The predicted octanol–water partition coefficient (Wildman–Crippen LogP) is -0.615. The van der Waals surface area contributed by atoms with E-state index in [9.17, 15) is 20.4 Å². The van der Waals surface area contributed by atoms with Crippen LogP contribution in [0.4, 0.5) is 5.69 Å². The Labute approximate surface area is 104 Å². The Morgan fingerprint density at radius 3 is 2.00 bits per heavy atom. The largest absolute Gasteiger partial charge is 0.399 e. The van der Waals surface area contributed by atoms with Crippen LogP contribution < -0.4 is 5.73 Å². The second-order valence-corrected chi connectivity index (χ2v) is 3.99. The number of hydrogen-bond acceptors (Lipinski definition) is 6. The number of rotatable bonds is 5. The van der Waals surface area contributed by atoms with Crippen molar-refractivity contribution in [2.45, 2.75) is 24.4 Å². The molecule has 0 aliphatic rings. The molecule has 0 amide bonds. The second-order valence-electron chi connectivity index (χ2n) is 3.72. The summed E-state index contributed by atoms with van der Waals surface area (Å²) in [7, 11) is 0. The first-order valence-corrected chi connectivity index (χ1v) is 5.47. The molecule has 0 heterocycles. The zero-order valence-electron chi connectivity index (χ0n) is 8.97. The molecule has 17 heavy (non-hydrogen) atoms. The third-order valence-electron chi connectivity index (χ3n) is 2.44. The quantitative estimate of drug-likeness (QED) is 0.356. The molecular weight excluding hydrogens is 242 g/mol. The number of nitrogens with two attached hydrogens (primary N) is 1. The lowest BCUT2D eigenvalue weighted by Crippen LogP contribution is -2.41. The second kappa shape index (κ2) is 6.04. The molecule has 0 saturated carbocycles. The molecule has 5 nitrogen and oxygen atoms in total. The molecule has 1 aromatic rings. The fourth-order valence-corrected chi connectivity index (χ4v) is 1.52. The summed E-state index contributed by atoms with van der Waals surface area (Å²) in [6.07, 6.45) is -5.77. The van der Waals surface area contributed by atoms with Crippen LogP contribution in [0.25, 0.3) is 0 Å². The van der Waals surface area contributed by atoms with Gasteiger partial charge < -0.3 is 26.2 Å². The summed E-state index contributed by atoms with van der Waals surface area (Å²) >= 11 is 4.45. The highest BCUT2D eigenvalue weighted by Gasteiger charge is 2.30. The summed E-state index contributed by atoms with van der Waals surface area (Å²) in [6.45, 7) is 0. The van der Waals surface area contributed by atoms with Gasteiger partial charge in [0.2, 0.25) is 0 Å². The van der Waals surface area contributed by atoms with Gasteiger partial charge in [0, 0.05) is 11.1 Å². The molecule has 6 N–H and O–H groups in total. The van der Waals surface area contributed by atoms with E-state index in [0.29, 0.717) is 11.3 Å². The van der Waals surface area contributed by atoms with Crippen LogP contribution in [0.5, 0.6) is 0 Å². The van der Waals surface area contributed by atoms with Gasteiger partial charge in [0.15, 0.2) is 0 Å². The molecule has 1 unspecified atom stereocenters. The minimum absolute atomic E-state index is 0.391.